The van der Waals surface area contributed by atoms with Gasteiger partial charge in [-0.05, 0) is 36.2 Å². The van der Waals surface area contributed by atoms with Crippen molar-refractivity contribution in [2.24, 2.45) is 0 Å². The molecule has 0 aliphatic carbocycles. The van der Waals surface area contributed by atoms with E-state index in [1.165, 1.54) is 12.0 Å². The highest BCUT2D eigenvalue weighted by molar-refractivity contribution is 5.99. The fraction of sp³-hybridized carbons (Fsp3) is 0.227. The summed E-state index contributed by atoms with van der Waals surface area (Å²) in [6.45, 7) is 0.177. The molecule has 0 bridgehead atoms. The molecular weight excluding hydrogens is 374 g/mol. The van der Waals surface area contributed by atoms with E-state index in [9.17, 15) is 19.5 Å². The van der Waals surface area contributed by atoms with Crippen LogP contribution in [-0.2, 0) is 4.74 Å². The molecule has 1 aromatic heterocycles. The second kappa shape index (κ2) is 7.52. The number of hydrogen-bond acceptors (Lipinski definition) is 6. The van der Waals surface area contributed by atoms with E-state index >= 15 is 0 Å². The predicted molar refractivity (Wildman–Crippen MR) is 105 cm³/mol. The van der Waals surface area contributed by atoms with Gasteiger partial charge in [-0.2, -0.15) is 0 Å². The number of rotatable bonds is 5. The normalized spacial score (nSPS) is 15.6. The Hall–Kier alpha value is -3.45. The minimum Gasteiger partial charge on any atom is -0.465 e. The van der Waals surface area contributed by atoms with E-state index in [1.807, 2.05) is 0 Å². The summed E-state index contributed by atoms with van der Waals surface area (Å²) in [5.41, 5.74) is 1.41. The van der Waals surface area contributed by atoms with Gasteiger partial charge in [0.05, 0.1) is 29.7 Å². The van der Waals surface area contributed by atoms with Gasteiger partial charge in [0, 0.05) is 13.2 Å². The molecule has 1 aliphatic heterocycles. The van der Waals surface area contributed by atoms with E-state index in [0.717, 1.165) is 0 Å². The minimum atomic E-state index is -0.656. The van der Waals surface area contributed by atoms with Gasteiger partial charge in [0.25, 0.3) is 5.91 Å². The molecule has 148 valence electrons. The lowest BCUT2D eigenvalue weighted by molar-refractivity contribution is 0.0599. The molecule has 1 N–H and O–H groups in total. The molecule has 29 heavy (non-hydrogen) atoms. The van der Waals surface area contributed by atoms with Gasteiger partial charge >= 0.3 is 5.97 Å². The number of amides is 1. The molecular formula is C22H19NO6. The molecule has 1 aliphatic rings. The zero-order chi connectivity index (χ0) is 20.5. The Balaban J connectivity index is 1.89. The van der Waals surface area contributed by atoms with Crippen LogP contribution in [0, 0.1) is 0 Å². The number of methoxy groups -OCH3 is 1. The van der Waals surface area contributed by atoms with Crippen LogP contribution in [0.2, 0.25) is 0 Å². The van der Waals surface area contributed by atoms with Gasteiger partial charge in [-0.1, -0.05) is 24.3 Å². The average molecular weight is 393 g/mol. The molecule has 0 radical (unpaired) electrons. The maximum atomic E-state index is 13.2. The van der Waals surface area contributed by atoms with E-state index in [0.29, 0.717) is 28.5 Å². The van der Waals surface area contributed by atoms with Crippen LogP contribution >= 0.6 is 0 Å². The number of aliphatic hydroxyl groups excluding tert-OH is 1. The smallest absolute Gasteiger partial charge is 0.337 e. The third-order valence-electron chi connectivity index (χ3n) is 5.08. The third kappa shape index (κ3) is 3.09. The highest BCUT2D eigenvalue weighted by Crippen LogP contribution is 2.38. The molecule has 1 atom stereocenters. The largest absolute Gasteiger partial charge is 0.465 e. The number of benzene rings is 2. The molecule has 0 spiro atoms. The molecule has 7 heteroatoms. The van der Waals surface area contributed by atoms with Crippen LogP contribution in [-0.4, -0.2) is 42.1 Å². The lowest BCUT2D eigenvalue weighted by Gasteiger charge is -2.25. The summed E-state index contributed by atoms with van der Waals surface area (Å²) in [4.78, 5) is 39.5. The van der Waals surface area contributed by atoms with Crippen molar-refractivity contribution in [2.75, 3.05) is 20.3 Å². The van der Waals surface area contributed by atoms with E-state index in [4.69, 9.17) is 9.15 Å². The summed E-state index contributed by atoms with van der Waals surface area (Å²) in [6.07, 6.45) is 0.365. The van der Waals surface area contributed by atoms with E-state index in [-0.39, 0.29) is 29.9 Å². The van der Waals surface area contributed by atoms with E-state index < -0.39 is 17.9 Å². The predicted octanol–water partition coefficient (Wildman–Crippen LogP) is 2.51. The van der Waals surface area contributed by atoms with Crippen molar-refractivity contribution in [3.05, 3.63) is 81.2 Å². The van der Waals surface area contributed by atoms with Crippen molar-refractivity contribution in [3.63, 3.8) is 0 Å². The van der Waals surface area contributed by atoms with Gasteiger partial charge in [0.1, 0.15) is 5.58 Å². The zero-order valence-electron chi connectivity index (χ0n) is 15.8. The van der Waals surface area contributed by atoms with E-state index in [1.54, 1.807) is 48.5 Å². The number of carbonyl (C=O) groups is 2. The van der Waals surface area contributed by atoms with Crippen molar-refractivity contribution >= 4 is 22.8 Å². The van der Waals surface area contributed by atoms with Gasteiger partial charge in [-0.25, -0.2) is 4.79 Å². The van der Waals surface area contributed by atoms with Crippen molar-refractivity contribution in [2.45, 2.75) is 12.5 Å². The van der Waals surface area contributed by atoms with Crippen LogP contribution in [0.1, 0.15) is 44.5 Å². The summed E-state index contributed by atoms with van der Waals surface area (Å²) in [5, 5.41) is 9.65. The maximum absolute atomic E-state index is 13.2. The van der Waals surface area contributed by atoms with Crippen LogP contribution in [0.5, 0.6) is 0 Å². The number of ether oxygens (including phenoxy) is 1. The molecule has 3 aromatic rings. The number of esters is 1. The van der Waals surface area contributed by atoms with Gasteiger partial charge < -0.3 is 19.2 Å². The Morgan fingerprint density at radius 1 is 1.14 bits per heavy atom. The van der Waals surface area contributed by atoms with Crippen LogP contribution in [0.3, 0.4) is 0 Å². The third-order valence-corrected chi connectivity index (χ3v) is 5.08. The molecule has 0 unspecified atom stereocenters. The Labute approximate surface area is 166 Å². The standard InChI is InChI=1S/C22H19NO6/c1-28-22(27)14-9-7-13(8-10-14)18-17-19(25)15-5-2-3-6-16(15)29-20(17)21(26)23(18)11-4-12-24/h2-3,5-10,18,24H,4,11-12H2,1H3/t18-/m1/s1. The van der Waals surface area contributed by atoms with Crippen LogP contribution in [0.4, 0.5) is 0 Å². The minimum absolute atomic E-state index is 0.0219. The van der Waals surface area contributed by atoms with Crippen LogP contribution < -0.4 is 5.43 Å². The maximum Gasteiger partial charge on any atom is 0.337 e. The first-order chi connectivity index (χ1) is 14.1. The Bertz CT molecular complexity index is 1150. The lowest BCUT2D eigenvalue weighted by atomic mass is 9.97. The van der Waals surface area contributed by atoms with Crippen LogP contribution in [0.15, 0.2) is 57.7 Å². The molecule has 2 heterocycles. The summed E-state index contributed by atoms with van der Waals surface area (Å²) >= 11 is 0. The number of carbonyl (C=O) groups excluding carboxylic acids is 2. The average Bonchev–Trinajstić information content (AvgIpc) is 3.04. The lowest BCUT2D eigenvalue weighted by Crippen LogP contribution is -2.31. The molecule has 0 fully saturated rings. The highest BCUT2D eigenvalue weighted by Gasteiger charge is 2.42. The first kappa shape index (κ1) is 18.9. The highest BCUT2D eigenvalue weighted by atomic mass is 16.5. The quantitative estimate of drug-likeness (QED) is 0.669. The number of hydrogen-bond donors (Lipinski definition) is 1. The number of fused-ring (bicyclic) bond motifs is 2. The van der Waals surface area contributed by atoms with Crippen molar-refractivity contribution in [3.8, 4) is 0 Å². The van der Waals surface area contributed by atoms with Crippen molar-refractivity contribution in [1.82, 2.24) is 4.90 Å². The Kier molecular flexibility index (Phi) is 4.90. The molecule has 0 saturated carbocycles. The topological polar surface area (TPSA) is 97.0 Å². The Morgan fingerprint density at radius 2 is 1.86 bits per heavy atom. The van der Waals surface area contributed by atoms with Gasteiger partial charge in [0.2, 0.25) is 5.76 Å². The van der Waals surface area contributed by atoms with Crippen LogP contribution in [0.25, 0.3) is 11.0 Å². The van der Waals surface area contributed by atoms with Crippen molar-refractivity contribution in [1.29, 1.82) is 0 Å². The number of nitrogens with zero attached hydrogens (tertiary/aromatic N) is 1. The van der Waals surface area contributed by atoms with Gasteiger partial charge in [0.15, 0.2) is 5.43 Å². The SMILES string of the molecule is COC(=O)c1ccc([C@@H]2c3c(oc4ccccc4c3=O)C(=O)N2CCCO)cc1. The second-order valence-corrected chi connectivity index (χ2v) is 6.76. The number of aliphatic hydroxyl groups is 1. The fourth-order valence-corrected chi connectivity index (χ4v) is 3.70. The van der Waals surface area contributed by atoms with Gasteiger partial charge in [-0.3, -0.25) is 9.59 Å². The first-order valence-electron chi connectivity index (χ1n) is 9.22. The molecule has 4 rings (SSSR count). The monoisotopic (exact) mass is 393 g/mol. The first-order valence-corrected chi connectivity index (χ1v) is 9.22. The summed E-state index contributed by atoms with van der Waals surface area (Å²) in [6, 6.07) is 12.7. The summed E-state index contributed by atoms with van der Waals surface area (Å²) in [5.74, 6) is -0.839. The van der Waals surface area contributed by atoms with Crippen molar-refractivity contribution < 1.29 is 23.8 Å². The number of para-hydroxylation sites is 1. The zero-order valence-corrected chi connectivity index (χ0v) is 15.8. The Morgan fingerprint density at radius 3 is 2.55 bits per heavy atom. The molecule has 7 nitrogen and oxygen atoms in total. The van der Waals surface area contributed by atoms with E-state index in [2.05, 4.69) is 0 Å². The molecule has 2 aromatic carbocycles. The molecule has 1 amide bonds. The fourth-order valence-electron chi connectivity index (χ4n) is 3.70. The summed E-state index contributed by atoms with van der Waals surface area (Å²) in [7, 11) is 1.30. The second-order valence-electron chi connectivity index (χ2n) is 6.76. The summed E-state index contributed by atoms with van der Waals surface area (Å²) < 4.78 is 10.5. The molecule has 0 saturated heterocycles. The van der Waals surface area contributed by atoms with Gasteiger partial charge in [-0.15, -0.1) is 0 Å².